The fraction of sp³-hybridized carbons (Fsp3) is 0.625. The van der Waals surface area contributed by atoms with Crippen molar-refractivity contribution in [3.05, 3.63) is 34.9 Å². The highest BCUT2D eigenvalue weighted by Crippen LogP contribution is 2.20. The molecule has 0 saturated carbocycles. The zero-order chi connectivity index (χ0) is 13.7. The topological polar surface area (TPSA) is 32.7 Å². The molecule has 2 rings (SSSR count). The van der Waals surface area contributed by atoms with Gasteiger partial charge in [0.05, 0.1) is 19.3 Å². The van der Waals surface area contributed by atoms with E-state index in [1.165, 1.54) is 23.1 Å². The summed E-state index contributed by atoms with van der Waals surface area (Å²) in [5.41, 5.74) is 4.20. The summed E-state index contributed by atoms with van der Waals surface area (Å²) in [4.78, 5) is 2.47. The number of likely N-dealkylation sites (tertiary alicyclic amines) is 1. The van der Waals surface area contributed by atoms with Crippen molar-refractivity contribution < 1.29 is 9.84 Å². The average molecular weight is 263 g/mol. The first-order chi connectivity index (χ1) is 9.20. The zero-order valence-corrected chi connectivity index (χ0v) is 12.1. The van der Waals surface area contributed by atoms with Crippen molar-refractivity contribution >= 4 is 0 Å². The van der Waals surface area contributed by atoms with Gasteiger partial charge in [0.1, 0.15) is 0 Å². The molecule has 0 spiro atoms. The Morgan fingerprint density at radius 2 is 2.05 bits per heavy atom. The van der Waals surface area contributed by atoms with Gasteiger partial charge in [0.25, 0.3) is 0 Å². The third-order valence-corrected chi connectivity index (χ3v) is 3.93. The van der Waals surface area contributed by atoms with Gasteiger partial charge in [-0.2, -0.15) is 0 Å². The molecule has 1 N–H and O–H groups in total. The van der Waals surface area contributed by atoms with E-state index in [4.69, 9.17) is 9.84 Å². The summed E-state index contributed by atoms with van der Waals surface area (Å²) >= 11 is 0. The number of rotatable bonds is 5. The van der Waals surface area contributed by atoms with E-state index in [1.54, 1.807) is 0 Å². The smallest absolute Gasteiger partial charge is 0.0703 e. The molecule has 0 amide bonds. The van der Waals surface area contributed by atoms with Gasteiger partial charge in [-0.05, 0) is 49.9 Å². The molecule has 1 aromatic carbocycles. The van der Waals surface area contributed by atoms with E-state index in [0.717, 1.165) is 26.1 Å². The Labute approximate surface area is 116 Å². The normalized spacial score (nSPS) is 20.7. The van der Waals surface area contributed by atoms with Crippen LogP contribution in [0.4, 0.5) is 0 Å². The maximum Gasteiger partial charge on any atom is 0.0703 e. The Morgan fingerprint density at radius 3 is 2.74 bits per heavy atom. The third kappa shape index (κ3) is 4.03. The number of aliphatic hydroxyl groups is 1. The van der Waals surface area contributed by atoms with Crippen LogP contribution in [0.5, 0.6) is 0 Å². The summed E-state index contributed by atoms with van der Waals surface area (Å²) in [5.74, 6) is 0. The molecule has 19 heavy (non-hydrogen) atoms. The van der Waals surface area contributed by atoms with Crippen molar-refractivity contribution in [3.63, 3.8) is 0 Å². The van der Waals surface area contributed by atoms with E-state index in [-0.39, 0.29) is 12.7 Å². The predicted octanol–water partition coefficient (Wildman–Crippen LogP) is 2.28. The van der Waals surface area contributed by atoms with E-state index >= 15 is 0 Å². The zero-order valence-electron chi connectivity index (χ0n) is 12.1. The molecule has 1 aromatic rings. The molecule has 3 nitrogen and oxygen atoms in total. The molecule has 3 heteroatoms. The molecule has 0 bridgehead atoms. The number of aliphatic hydroxyl groups excluding tert-OH is 1. The quantitative estimate of drug-likeness (QED) is 0.884. The summed E-state index contributed by atoms with van der Waals surface area (Å²) in [6, 6.07) is 6.50. The number of benzene rings is 1. The molecule has 0 radical (unpaired) electrons. The minimum atomic E-state index is 0.118. The summed E-state index contributed by atoms with van der Waals surface area (Å²) in [6.07, 6.45) is 2.58. The van der Waals surface area contributed by atoms with Gasteiger partial charge >= 0.3 is 0 Å². The Balaban J connectivity index is 1.95. The van der Waals surface area contributed by atoms with Gasteiger partial charge in [-0.25, -0.2) is 0 Å². The van der Waals surface area contributed by atoms with Gasteiger partial charge in [0.15, 0.2) is 0 Å². The molecule has 1 heterocycles. The lowest BCUT2D eigenvalue weighted by molar-refractivity contribution is -0.0163. The lowest BCUT2D eigenvalue weighted by Gasteiger charge is -2.33. The molecule has 106 valence electrons. The molecular formula is C16H25NO2. The van der Waals surface area contributed by atoms with Gasteiger partial charge < -0.3 is 9.84 Å². The van der Waals surface area contributed by atoms with Crippen LogP contribution in [0.3, 0.4) is 0 Å². The van der Waals surface area contributed by atoms with Crippen LogP contribution in [-0.2, 0) is 11.3 Å². The molecule has 0 aromatic heterocycles. The number of piperidine rings is 1. The molecule has 1 atom stereocenters. The van der Waals surface area contributed by atoms with E-state index in [2.05, 4.69) is 36.9 Å². The van der Waals surface area contributed by atoms with Gasteiger partial charge in [0.2, 0.25) is 0 Å². The first-order valence-corrected chi connectivity index (χ1v) is 7.20. The van der Waals surface area contributed by atoms with Crippen LogP contribution >= 0.6 is 0 Å². The lowest BCUT2D eigenvalue weighted by Crippen LogP contribution is -2.39. The average Bonchev–Trinajstić information content (AvgIpc) is 2.41. The fourth-order valence-electron chi connectivity index (χ4n) is 2.83. The molecular weight excluding hydrogens is 238 g/mol. The first kappa shape index (κ1) is 14.5. The Hall–Kier alpha value is -0.900. The third-order valence-electron chi connectivity index (χ3n) is 3.93. The Morgan fingerprint density at radius 1 is 1.32 bits per heavy atom. The van der Waals surface area contributed by atoms with Crippen LogP contribution in [0, 0.1) is 13.8 Å². The standard InChI is InChI=1S/C16H25NO2/c1-13-5-3-6-14(2)16(13)12-17-8-4-7-15(11-17)19-10-9-18/h3,5-6,15,18H,4,7-12H2,1-2H3. The maximum atomic E-state index is 8.83. The van der Waals surface area contributed by atoms with Crippen molar-refractivity contribution in [1.29, 1.82) is 0 Å². The van der Waals surface area contributed by atoms with Crippen molar-refractivity contribution in [2.24, 2.45) is 0 Å². The van der Waals surface area contributed by atoms with Gasteiger partial charge in [-0.15, -0.1) is 0 Å². The predicted molar refractivity (Wildman–Crippen MR) is 77.3 cm³/mol. The number of hydrogen-bond acceptors (Lipinski definition) is 3. The summed E-state index contributed by atoms with van der Waals surface area (Å²) in [6.45, 7) is 8.09. The second-order valence-corrected chi connectivity index (χ2v) is 5.46. The largest absolute Gasteiger partial charge is 0.394 e. The minimum absolute atomic E-state index is 0.118. The molecule has 1 aliphatic heterocycles. The SMILES string of the molecule is Cc1cccc(C)c1CN1CCCC(OCCO)C1. The number of hydrogen-bond donors (Lipinski definition) is 1. The highest BCUT2D eigenvalue weighted by molar-refractivity contribution is 5.33. The first-order valence-electron chi connectivity index (χ1n) is 7.20. The second-order valence-electron chi connectivity index (χ2n) is 5.46. The molecule has 1 unspecified atom stereocenters. The van der Waals surface area contributed by atoms with Crippen molar-refractivity contribution in [1.82, 2.24) is 4.90 Å². The van der Waals surface area contributed by atoms with Gasteiger partial charge in [0, 0.05) is 13.1 Å². The van der Waals surface area contributed by atoms with Crippen LogP contribution in [0.15, 0.2) is 18.2 Å². The number of ether oxygens (including phenoxy) is 1. The molecule has 1 saturated heterocycles. The van der Waals surface area contributed by atoms with Crippen molar-refractivity contribution in [2.75, 3.05) is 26.3 Å². The number of aryl methyl sites for hydroxylation is 2. The van der Waals surface area contributed by atoms with Crippen molar-refractivity contribution in [3.8, 4) is 0 Å². The van der Waals surface area contributed by atoms with Crippen LogP contribution in [0.1, 0.15) is 29.5 Å². The van der Waals surface area contributed by atoms with Crippen LogP contribution in [0.2, 0.25) is 0 Å². The Kier molecular flexibility index (Phi) is 5.37. The van der Waals surface area contributed by atoms with Crippen LogP contribution in [-0.4, -0.2) is 42.4 Å². The van der Waals surface area contributed by atoms with Crippen molar-refractivity contribution in [2.45, 2.75) is 39.3 Å². The summed E-state index contributed by atoms with van der Waals surface area (Å²) in [7, 11) is 0. The lowest BCUT2D eigenvalue weighted by atomic mass is 10.0. The van der Waals surface area contributed by atoms with Gasteiger partial charge in [-0.3, -0.25) is 4.90 Å². The monoisotopic (exact) mass is 263 g/mol. The minimum Gasteiger partial charge on any atom is -0.394 e. The molecule has 0 aliphatic carbocycles. The summed E-state index contributed by atoms with van der Waals surface area (Å²) in [5, 5.41) is 8.83. The van der Waals surface area contributed by atoms with Crippen LogP contribution in [0.25, 0.3) is 0 Å². The van der Waals surface area contributed by atoms with E-state index in [9.17, 15) is 0 Å². The van der Waals surface area contributed by atoms with E-state index in [0.29, 0.717) is 6.61 Å². The van der Waals surface area contributed by atoms with E-state index in [1.807, 2.05) is 0 Å². The highest BCUT2D eigenvalue weighted by Gasteiger charge is 2.21. The second kappa shape index (κ2) is 7.04. The Bertz CT molecular complexity index is 385. The van der Waals surface area contributed by atoms with E-state index < -0.39 is 0 Å². The number of nitrogens with zero attached hydrogens (tertiary/aromatic N) is 1. The van der Waals surface area contributed by atoms with Gasteiger partial charge in [-0.1, -0.05) is 18.2 Å². The molecule has 1 fully saturated rings. The maximum absolute atomic E-state index is 8.83. The summed E-state index contributed by atoms with van der Waals surface area (Å²) < 4.78 is 5.67. The molecule has 1 aliphatic rings. The highest BCUT2D eigenvalue weighted by atomic mass is 16.5. The van der Waals surface area contributed by atoms with Crippen LogP contribution < -0.4 is 0 Å². The fourth-order valence-corrected chi connectivity index (χ4v) is 2.83.